The Bertz CT molecular complexity index is 863. The third-order valence-electron chi connectivity index (χ3n) is 7.51. The summed E-state index contributed by atoms with van der Waals surface area (Å²) in [4.78, 5) is 34.0. The Hall–Kier alpha value is -2.62. The van der Waals surface area contributed by atoms with Crippen molar-refractivity contribution in [3.8, 4) is 0 Å². The molecule has 184 valence electrons. The number of amides is 2. The van der Waals surface area contributed by atoms with Crippen molar-refractivity contribution in [3.05, 3.63) is 11.8 Å². The second kappa shape index (κ2) is 9.70. The van der Waals surface area contributed by atoms with E-state index in [1.165, 1.54) is 11.1 Å². The summed E-state index contributed by atoms with van der Waals surface area (Å²) in [6.07, 6.45) is 6.32. The molecular weight excluding hydrogens is 424 g/mol. The Morgan fingerprint density at radius 3 is 2.36 bits per heavy atom. The second-order valence-electron chi connectivity index (χ2n) is 10.5. The molecule has 2 amide bonds. The molecule has 0 saturated heterocycles. The third kappa shape index (κ3) is 5.48. The average Bonchev–Trinajstić information content (AvgIpc) is 2.73. The largest absolute Gasteiger partial charge is 0.465 e. The van der Waals surface area contributed by atoms with E-state index in [9.17, 15) is 19.8 Å². The summed E-state index contributed by atoms with van der Waals surface area (Å²) in [5.74, 6) is 0.174. The summed E-state index contributed by atoms with van der Waals surface area (Å²) >= 11 is 0. The van der Waals surface area contributed by atoms with Gasteiger partial charge in [0.1, 0.15) is 5.82 Å². The first-order valence-corrected chi connectivity index (χ1v) is 11.8. The Morgan fingerprint density at radius 1 is 1.15 bits per heavy atom. The van der Waals surface area contributed by atoms with Crippen molar-refractivity contribution >= 4 is 23.8 Å². The first kappa shape index (κ1) is 25.0. The highest BCUT2D eigenvalue weighted by atomic mass is 16.4. The van der Waals surface area contributed by atoms with E-state index in [1.54, 1.807) is 7.05 Å². The van der Waals surface area contributed by atoms with Crippen molar-refractivity contribution in [2.75, 3.05) is 17.7 Å². The van der Waals surface area contributed by atoms with Gasteiger partial charge in [0.15, 0.2) is 0 Å². The molecule has 6 N–H and O–H groups in total. The van der Waals surface area contributed by atoms with Crippen LogP contribution in [0.2, 0.25) is 0 Å². The highest BCUT2D eigenvalue weighted by Gasteiger charge is 2.49. The van der Waals surface area contributed by atoms with Crippen LogP contribution in [0, 0.1) is 5.41 Å². The monoisotopic (exact) mass is 462 g/mol. The zero-order chi connectivity index (χ0) is 24.4. The molecule has 33 heavy (non-hydrogen) atoms. The minimum atomic E-state index is -0.912. The van der Waals surface area contributed by atoms with Crippen LogP contribution in [0.4, 0.5) is 16.6 Å². The molecule has 3 rings (SSSR count). The molecule has 2 aliphatic carbocycles. The van der Waals surface area contributed by atoms with E-state index in [0.717, 1.165) is 44.9 Å². The van der Waals surface area contributed by atoms with Crippen molar-refractivity contribution in [2.45, 2.75) is 95.9 Å². The maximum atomic E-state index is 11.9. The van der Waals surface area contributed by atoms with Gasteiger partial charge in [-0.1, -0.05) is 20.8 Å². The molecule has 2 aliphatic rings. The van der Waals surface area contributed by atoms with Crippen LogP contribution in [-0.4, -0.2) is 67.9 Å². The van der Waals surface area contributed by atoms with Crippen molar-refractivity contribution in [1.82, 2.24) is 14.9 Å². The fourth-order valence-electron chi connectivity index (χ4n) is 5.42. The van der Waals surface area contributed by atoms with Gasteiger partial charge in [-0.15, -0.1) is 0 Å². The van der Waals surface area contributed by atoms with Crippen LogP contribution in [0.25, 0.3) is 0 Å². The number of carboxylic acid groups (broad SMARTS) is 1. The summed E-state index contributed by atoms with van der Waals surface area (Å²) in [5, 5.41) is 26.2. The van der Waals surface area contributed by atoms with Crippen molar-refractivity contribution in [3.63, 3.8) is 0 Å². The van der Waals surface area contributed by atoms with E-state index < -0.39 is 17.5 Å². The number of rotatable bonds is 6. The molecule has 1 heterocycles. The fraction of sp³-hybridized carbons (Fsp3) is 0.739. The Balaban J connectivity index is 1.72. The Labute approximate surface area is 195 Å². The lowest BCUT2D eigenvalue weighted by molar-refractivity contribution is -0.0122. The minimum absolute atomic E-state index is 0.0169. The molecule has 1 aromatic heterocycles. The van der Waals surface area contributed by atoms with Crippen molar-refractivity contribution in [1.29, 1.82) is 0 Å². The molecule has 0 bridgehead atoms. The van der Waals surface area contributed by atoms with Gasteiger partial charge in [-0.2, -0.15) is 4.98 Å². The minimum Gasteiger partial charge on any atom is -0.465 e. The number of hydrogen-bond donors (Lipinski definition) is 5. The maximum Gasteiger partial charge on any atom is 0.407 e. The number of hydrogen-bond acceptors (Lipinski definition) is 7. The SMILES string of the molecule is CN(C(=O)O)C1(C(C)(C)C)CCC(Nc2ncc(C(N)=O)c(N[C@@H]3CCC[C@H](O)C3)n2)CC1. The van der Waals surface area contributed by atoms with Gasteiger partial charge < -0.3 is 31.5 Å². The predicted molar refractivity (Wildman–Crippen MR) is 126 cm³/mol. The smallest absolute Gasteiger partial charge is 0.407 e. The molecule has 2 saturated carbocycles. The van der Waals surface area contributed by atoms with E-state index in [1.807, 2.05) is 0 Å². The lowest BCUT2D eigenvalue weighted by atomic mass is 9.64. The normalized spacial score (nSPS) is 28.1. The summed E-state index contributed by atoms with van der Waals surface area (Å²) in [6.45, 7) is 6.27. The molecule has 2 fully saturated rings. The number of nitrogens with zero attached hydrogens (tertiary/aromatic N) is 3. The molecule has 0 unspecified atom stereocenters. The Morgan fingerprint density at radius 2 is 1.82 bits per heavy atom. The zero-order valence-electron chi connectivity index (χ0n) is 20.1. The first-order valence-electron chi connectivity index (χ1n) is 11.8. The number of carbonyl (C=O) groups is 2. The van der Waals surface area contributed by atoms with E-state index in [4.69, 9.17) is 5.73 Å². The zero-order valence-corrected chi connectivity index (χ0v) is 20.1. The fourth-order valence-corrected chi connectivity index (χ4v) is 5.42. The van der Waals surface area contributed by atoms with Gasteiger partial charge in [-0.05, 0) is 56.8 Å². The predicted octanol–water partition coefficient (Wildman–Crippen LogP) is 3.04. The number of aromatic nitrogens is 2. The summed E-state index contributed by atoms with van der Waals surface area (Å²) < 4.78 is 0. The molecular formula is C23H38N6O4. The molecule has 10 nitrogen and oxygen atoms in total. The van der Waals surface area contributed by atoms with Crippen LogP contribution in [0.1, 0.15) is 82.5 Å². The van der Waals surface area contributed by atoms with E-state index in [0.29, 0.717) is 18.2 Å². The van der Waals surface area contributed by atoms with Crippen LogP contribution >= 0.6 is 0 Å². The average molecular weight is 463 g/mol. The molecule has 0 aliphatic heterocycles. The van der Waals surface area contributed by atoms with Crippen molar-refractivity contribution < 1.29 is 19.8 Å². The van der Waals surface area contributed by atoms with Gasteiger partial charge in [-0.3, -0.25) is 4.79 Å². The highest BCUT2D eigenvalue weighted by molar-refractivity contribution is 5.97. The van der Waals surface area contributed by atoms with Crippen LogP contribution < -0.4 is 16.4 Å². The number of anilines is 2. The second-order valence-corrected chi connectivity index (χ2v) is 10.5. The summed E-state index contributed by atoms with van der Waals surface area (Å²) in [5.41, 5.74) is 5.10. The molecule has 0 radical (unpaired) electrons. The maximum absolute atomic E-state index is 11.9. The van der Waals surface area contributed by atoms with Crippen LogP contribution in [0.3, 0.4) is 0 Å². The summed E-state index contributed by atoms with van der Waals surface area (Å²) in [6, 6.07) is 0.106. The topological polar surface area (TPSA) is 154 Å². The van der Waals surface area contributed by atoms with Gasteiger partial charge in [-0.25, -0.2) is 9.78 Å². The van der Waals surface area contributed by atoms with Gasteiger partial charge in [0.05, 0.1) is 17.2 Å². The van der Waals surface area contributed by atoms with Crippen LogP contribution in [0.5, 0.6) is 0 Å². The first-order chi connectivity index (χ1) is 15.4. The Kier molecular flexibility index (Phi) is 7.36. The highest BCUT2D eigenvalue weighted by Crippen LogP contribution is 2.46. The van der Waals surface area contributed by atoms with Crippen LogP contribution in [0.15, 0.2) is 6.20 Å². The third-order valence-corrected chi connectivity index (χ3v) is 7.51. The van der Waals surface area contributed by atoms with Crippen LogP contribution in [-0.2, 0) is 0 Å². The lowest BCUT2D eigenvalue weighted by Crippen LogP contribution is -2.59. The number of nitrogens with two attached hydrogens (primary N) is 1. The van der Waals surface area contributed by atoms with E-state index in [2.05, 4.69) is 41.4 Å². The lowest BCUT2D eigenvalue weighted by Gasteiger charge is -2.53. The number of aliphatic hydroxyl groups excluding tert-OH is 1. The van der Waals surface area contributed by atoms with Crippen molar-refractivity contribution in [2.24, 2.45) is 11.1 Å². The molecule has 2 atom stereocenters. The van der Waals surface area contributed by atoms with Gasteiger partial charge in [0, 0.05) is 25.3 Å². The number of primary amides is 1. The number of nitrogens with one attached hydrogen (secondary N) is 2. The molecule has 1 aromatic rings. The standard InChI is InChI=1S/C23H38N6O4/c1-22(2,3)23(29(4)21(32)33)10-8-14(9-11-23)27-20-25-13-17(18(24)31)19(28-20)26-15-6-5-7-16(30)12-15/h13-16,30H,5-12H2,1-4H3,(H2,24,31)(H,32,33)(H2,25,26,27,28)/t14?,15-,16+,23?/m1/s1. The molecule has 0 aromatic carbocycles. The molecule has 0 spiro atoms. The van der Waals surface area contributed by atoms with Gasteiger partial charge in [0.2, 0.25) is 5.95 Å². The van der Waals surface area contributed by atoms with Gasteiger partial charge in [0.25, 0.3) is 5.91 Å². The van der Waals surface area contributed by atoms with E-state index in [-0.39, 0.29) is 29.2 Å². The van der Waals surface area contributed by atoms with Gasteiger partial charge >= 0.3 is 6.09 Å². The summed E-state index contributed by atoms with van der Waals surface area (Å²) in [7, 11) is 1.66. The number of carbonyl (C=O) groups excluding carboxylic acids is 1. The number of aliphatic hydroxyl groups is 1. The quantitative estimate of drug-likeness (QED) is 0.432. The molecule has 10 heteroatoms. The van der Waals surface area contributed by atoms with E-state index >= 15 is 0 Å².